The Bertz CT molecular complexity index is 1450. The Kier molecular flexibility index (Phi) is 3.89. The summed E-state index contributed by atoms with van der Waals surface area (Å²) in [5.74, 6) is 0.691. The summed E-state index contributed by atoms with van der Waals surface area (Å²) in [4.78, 5) is 5.04. The molecule has 150 valence electrons. The molecule has 1 saturated carbocycles. The van der Waals surface area contributed by atoms with Gasteiger partial charge in [-0.3, -0.25) is 4.98 Å². The van der Waals surface area contributed by atoms with Gasteiger partial charge in [0.05, 0.1) is 18.0 Å². The van der Waals surface area contributed by atoms with Gasteiger partial charge in [0, 0.05) is 11.1 Å². The van der Waals surface area contributed by atoms with E-state index >= 15 is 0 Å². The first-order valence-corrected chi connectivity index (χ1v) is 11.3. The molecule has 0 aliphatic heterocycles. The second-order valence-corrected chi connectivity index (χ2v) is 9.12. The summed E-state index contributed by atoms with van der Waals surface area (Å²) in [6, 6.07) is 18.1. The summed E-state index contributed by atoms with van der Waals surface area (Å²) >= 11 is 0. The van der Waals surface area contributed by atoms with Crippen molar-refractivity contribution in [3.05, 3.63) is 65.4 Å². The van der Waals surface area contributed by atoms with Gasteiger partial charge in [-0.2, -0.15) is 4.40 Å². The van der Waals surface area contributed by atoms with Crippen LogP contribution >= 0.6 is 0 Å². The SMILES string of the molecule is Cc1cc(C)c2c(n1)c1ccc(C3CCCCC3)cc1n1c3ccccc3[n+](C)c21. The van der Waals surface area contributed by atoms with Crippen molar-refractivity contribution in [2.75, 3.05) is 0 Å². The van der Waals surface area contributed by atoms with E-state index in [2.05, 4.69) is 78.4 Å². The van der Waals surface area contributed by atoms with E-state index in [0.717, 1.165) is 11.2 Å². The standard InChI is InChI=1S/C27H28N3/c1-17-15-18(2)28-26-21-14-13-20(19-9-5-4-6-10-19)16-24(21)30-23-12-8-7-11-22(23)29(3)27(30)25(17)26/h7-8,11-16,19H,4-6,9-10H2,1-3H3/q+1. The molecule has 3 heteroatoms. The van der Waals surface area contributed by atoms with Gasteiger partial charge >= 0.3 is 0 Å². The smallest absolute Gasteiger partial charge is 0.252 e. The van der Waals surface area contributed by atoms with E-state index in [1.807, 2.05) is 0 Å². The highest BCUT2D eigenvalue weighted by Crippen LogP contribution is 2.37. The molecular formula is C27H28N3+. The lowest BCUT2D eigenvalue weighted by atomic mass is 9.84. The normalized spacial score (nSPS) is 15.7. The van der Waals surface area contributed by atoms with E-state index in [-0.39, 0.29) is 0 Å². The number of nitrogens with zero attached hydrogens (tertiary/aromatic N) is 3. The van der Waals surface area contributed by atoms with Crippen LogP contribution in [-0.2, 0) is 7.05 Å². The van der Waals surface area contributed by atoms with Crippen LogP contribution in [0.1, 0.15) is 54.8 Å². The second-order valence-electron chi connectivity index (χ2n) is 9.12. The Labute approximate surface area is 177 Å². The minimum absolute atomic E-state index is 0.691. The van der Waals surface area contributed by atoms with Crippen molar-refractivity contribution in [2.24, 2.45) is 7.05 Å². The van der Waals surface area contributed by atoms with E-state index in [0.29, 0.717) is 5.92 Å². The van der Waals surface area contributed by atoms with Crippen molar-refractivity contribution in [1.82, 2.24) is 9.38 Å². The molecule has 2 aromatic carbocycles. The van der Waals surface area contributed by atoms with E-state index in [9.17, 15) is 0 Å². The monoisotopic (exact) mass is 394 g/mol. The van der Waals surface area contributed by atoms with Crippen LogP contribution in [-0.4, -0.2) is 9.38 Å². The average Bonchev–Trinajstić information content (AvgIpc) is 3.07. The van der Waals surface area contributed by atoms with Crippen molar-refractivity contribution in [3.8, 4) is 0 Å². The minimum atomic E-state index is 0.691. The largest absolute Gasteiger partial charge is 0.297 e. The number of rotatable bonds is 1. The van der Waals surface area contributed by atoms with Crippen molar-refractivity contribution in [3.63, 3.8) is 0 Å². The third-order valence-electron chi connectivity index (χ3n) is 7.18. The molecule has 3 heterocycles. The van der Waals surface area contributed by atoms with Gasteiger partial charge in [-0.25, -0.2) is 4.57 Å². The zero-order valence-electron chi connectivity index (χ0n) is 18.1. The molecule has 0 N–H and O–H groups in total. The molecule has 6 rings (SSSR count). The number of hydrogen-bond donors (Lipinski definition) is 0. The van der Waals surface area contributed by atoms with Gasteiger partial charge in [0.1, 0.15) is 5.52 Å². The molecule has 1 fully saturated rings. The van der Waals surface area contributed by atoms with Crippen LogP contribution < -0.4 is 4.57 Å². The fraction of sp³-hybridized carbons (Fsp3) is 0.333. The fourth-order valence-corrected chi connectivity index (χ4v) is 5.78. The van der Waals surface area contributed by atoms with Crippen LogP contribution in [0.2, 0.25) is 0 Å². The molecule has 0 radical (unpaired) electrons. The van der Waals surface area contributed by atoms with Crippen molar-refractivity contribution in [2.45, 2.75) is 51.9 Å². The predicted octanol–water partition coefficient (Wildman–Crippen LogP) is 6.28. The third kappa shape index (κ3) is 2.44. The zero-order valence-corrected chi connectivity index (χ0v) is 18.1. The first kappa shape index (κ1) is 17.9. The Morgan fingerprint density at radius 2 is 1.73 bits per heavy atom. The number of benzene rings is 2. The number of fused-ring (bicyclic) bond motifs is 8. The number of pyridine rings is 2. The number of hydrogen-bond acceptors (Lipinski definition) is 1. The maximum absolute atomic E-state index is 5.04. The molecule has 30 heavy (non-hydrogen) atoms. The lowest BCUT2D eigenvalue weighted by Crippen LogP contribution is -2.27. The molecule has 0 spiro atoms. The molecular weight excluding hydrogens is 366 g/mol. The molecule has 0 saturated heterocycles. The van der Waals surface area contributed by atoms with E-state index < -0.39 is 0 Å². The van der Waals surface area contributed by atoms with Crippen molar-refractivity contribution < 1.29 is 4.57 Å². The lowest BCUT2D eigenvalue weighted by Gasteiger charge is -2.22. The summed E-state index contributed by atoms with van der Waals surface area (Å²) < 4.78 is 4.82. The molecule has 3 aromatic heterocycles. The van der Waals surface area contributed by atoms with Gasteiger partial charge in [0.25, 0.3) is 5.65 Å². The van der Waals surface area contributed by atoms with Crippen LogP contribution in [0.25, 0.3) is 38.5 Å². The van der Waals surface area contributed by atoms with E-state index in [1.54, 1.807) is 0 Å². The molecule has 0 amide bonds. The molecule has 5 aromatic rings. The molecule has 1 aliphatic rings. The lowest BCUT2D eigenvalue weighted by molar-refractivity contribution is -0.617. The van der Waals surface area contributed by atoms with Gasteiger partial charge in [-0.05, 0) is 74.1 Å². The van der Waals surface area contributed by atoms with E-state index in [1.165, 1.54) is 76.2 Å². The molecule has 0 unspecified atom stereocenters. The van der Waals surface area contributed by atoms with Gasteiger partial charge < -0.3 is 0 Å². The number of aromatic nitrogens is 3. The summed E-state index contributed by atoms with van der Waals surface area (Å²) in [5, 5.41) is 2.52. The Morgan fingerprint density at radius 3 is 2.57 bits per heavy atom. The molecule has 3 nitrogen and oxygen atoms in total. The maximum Gasteiger partial charge on any atom is 0.297 e. The van der Waals surface area contributed by atoms with Gasteiger partial charge in [-0.15, -0.1) is 0 Å². The van der Waals surface area contributed by atoms with E-state index in [4.69, 9.17) is 4.98 Å². The minimum Gasteiger partial charge on any atom is -0.252 e. The zero-order chi connectivity index (χ0) is 20.4. The van der Waals surface area contributed by atoms with Gasteiger partial charge in [-0.1, -0.05) is 37.5 Å². The van der Waals surface area contributed by atoms with Crippen LogP contribution in [0, 0.1) is 13.8 Å². The summed E-state index contributed by atoms with van der Waals surface area (Å²) in [6.45, 7) is 4.32. The van der Waals surface area contributed by atoms with Crippen molar-refractivity contribution >= 4 is 38.5 Å². The quantitative estimate of drug-likeness (QED) is 0.242. The highest BCUT2D eigenvalue weighted by molar-refractivity contribution is 6.12. The first-order valence-electron chi connectivity index (χ1n) is 11.3. The third-order valence-corrected chi connectivity index (χ3v) is 7.18. The second kappa shape index (κ2) is 6.53. The molecule has 1 aliphatic carbocycles. The van der Waals surface area contributed by atoms with Crippen molar-refractivity contribution in [1.29, 1.82) is 0 Å². The molecule has 0 atom stereocenters. The van der Waals surface area contributed by atoms with Crippen LogP contribution in [0.5, 0.6) is 0 Å². The molecule has 0 bridgehead atoms. The first-order chi connectivity index (χ1) is 14.6. The maximum atomic E-state index is 5.04. The topological polar surface area (TPSA) is 21.2 Å². The summed E-state index contributed by atoms with van der Waals surface area (Å²) in [6.07, 6.45) is 6.74. The number of imidazole rings is 1. The fourth-order valence-electron chi connectivity index (χ4n) is 5.78. The number of aryl methyl sites for hydroxylation is 3. The Morgan fingerprint density at radius 1 is 0.933 bits per heavy atom. The highest BCUT2D eigenvalue weighted by Gasteiger charge is 2.26. The average molecular weight is 395 g/mol. The van der Waals surface area contributed by atoms with Crippen LogP contribution in [0.3, 0.4) is 0 Å². The Balaban J connectivity index is 1.84. The van der Waals surface area contributed by atoms with Crippen LogP contribution in [0.4, 0.5) is 0 Å². The predicted molar refractivity (Wildman–Crippen MR) is 124 cm³/mol. The van der Waals surface area contributed by atoms with Gasteiger partial charge in [0.15, 0.2) is 11.0 Å². The summed E-state index contributed by atoms with van der Waals surface area (Å²) in [5.41, 5.74) is 10.0. The summed E-state index contributed by atoms with van der Waals surface area (Å²) in [7, 11) is 2.19. The Hall–Kier alpha value is -2.94. The highest BCUT2D eigenvalue weighted by atomic mass is 15.1. The number of para-hydroxylation sites is 2. The van der Waals surface area contributed by atoms with Crippen LogP contribution in [0.15, 0.2) is 48.5 Å². The van der Waals surface area contributed by atoms with Gasteiger partial charge in [0.2, 0.25) is 0 Å².